The zero-order chi connectivity index (χ0) is 8.13. The summed E-state index contributed by atoms with van der Waals surface area (Å²) in [4.78, 5) is 11.6. The molecule has 1 aromatic rings. The van der Waals surface area contributed by atoms with Crippen molar-refractivity contribution in [3.63, 3.8) is 0 Å². The molecule has 0 aliphatic heterocycles. The van der Waals surface area contributed by atoms with Crippen molar-refractivity contribution in [2.24, 2.45) is 0 Å². The summed E-state index contributed by atoms with van der Waals surface area (Å²) in [5, 5.41) is 0. The van der Waals surface area contributed by atoms with Crippen molar-refractivity contribution >= 4 is 5.78 Å². The Balaban J connectivity index is 2.27. The molecule has 0 aromatic heterocycles. The summed E-state index contributed by atoms with van der Waals surface area (Å²) in [5.74, 6) is 0.980. The van der Waals surface area contributed by atoms with Crippen LogP contribution in [0.1, 0.15) is 35.8 Å². The smallest absolute Gasteiger partial charge is 0.147 e. The van der Waals surface area contributed by atoms with Crippen LogP contribution in [0.5, 0.6) is 0 Å². The van der Waals surface area contributed by atoms with Crippen LogP contribution in [-0.4, -0.2) is 5.78 Å². The van der Waals surface area contributed by atoms with Gasteiger partial charge in [-0.2, -0.15) is 0 Å². The number of rotatable bonds is 0. The Hall–Kier alpha value is -1.11. The van der Waals surface area contributed by atoms with Crippen LogP contribution >= 0.6 is 0 Å². The molecule has 1 fully saturated rings. The highest BCUT2D eigenvalue weighted by Crippen LogP contribution is 2.49. The van der Waals surface area contributed by atoms with Gasteiger partial charge in [0.1, 0.15) is 5.78 Å². The van der Waals surface area contributed by atoms with Gasteiger partial charge in [0.05, 0.1) is 0 Å². The molecule has 1 saturated carbocycles. The fraction of sp³-hybridized carbons (Fsp3) is 0.364. The molecular formula is C11H10O. The lowest BCUT2D eigenvalue weighted by molar-refractivity contribution is -0.119. The van der Waals surface area contributed by atoms with Gasteiger partial charge in [0.25, 0.3) is 0 Å². The lowest BCUT2D eigenvalue weighted by Gasteiger charge is -2.11. The van der Waals surface area contributed by atoms with E-state index in [1.807, 2.05) is 12.1 Å². The summed E-state index contributed by atoms with van der Waals surface area (Å²) in [6.45, 7) is 0. The fourth-order valence-corrected chi connectivity index (χ4v) is 2.62. The van der Waals surface area contributed by atoms with Crippen LogP contribution in [0.15, 0.2) is 24.3 Å². The number of carbonyl (C=O) groups is 1. The summed E-state index contributed by atoms with van der Waals surface area (Å²) in [5.41, 5.74) is 2.61. The molecule has 2 bridgehead atoms. The SMILES string of the molecule is O=C1[C@@H]2CC[C@@H]1c1ccccc12. The maximum absolute atomic E-state index is 11.6. The maximum atomic E-state index is 11.6. The Kier molecular flexibility index (Phi) is 1.06. The first-order valence-corrected chi connectivity index (χ1v) is 4.50. The van der Waals surface area contributed by atoms with Crippen molar-refractivity contribution in [2.75, 3.05) is 0 Å². The highest BCUT2D eigenvalue weighted by atomic mass is 16.1. The third-order valence-corrected chi connectivity index (χ3v) is 3.18. The van der Waals surface area contributed by atoms with Crippen LogP contribution in [0, 0.1) is 0 Å². The van der Waals surface area contributed by atoms with E-state index in [-0.39, 0.29) is 11.8 Å². The molecule has 0 radical (unpaired) electrons. The van der Waals surface area contributed by atoms with Crippen LogP contribution in [0.2, 0.25) is 0 Å². The molecule has 60 valence electrons. The predicted molar refractivity (Wildman–Crippen MR) is 46.2 cm³/mol. The minimum absolute atomic E-state index is 0.256. The maximum Gasteiger partial charge on any atom is 0.147 e. The molecule has 1 heteroatoms. The van der Waals surface area contributed by atoms with Crippen LogP contribution in [0.3, 0.4) is 0 Å². The van der Waals surface area contributed by atoms with E-state index in [4.69, 9.17) is 0 Å². The van der Waals surface area contributed by atoms with Crippen LogP contribution < -0.4 is 0 Å². The highest BCUT2D eigenvalue weighted by molar-refractivity contribution is 5.98. The zero-order valence-corrected chi connectivity index (χ0v) is 6.79. The summed E-state index contributed by atoms with van der Waals surface area (Å²) >= 11 is 0. The van der Waals surface area contributed by atoms with E-state index in [1.165, 1.54) is 11.1 Å². The van der Waals surface area contributed by atoms with Crippen LogP contribution in [0.4, 0.5) is 0 Å². The summed E-state index contributed by atoms with van der Waals surface area (Å²) in [6.07, 6.45) is 2.17. The molecule has 2 aliphatic carbocycles. The monoisotopic (exact) mass is 158 g/mol. The first-order valence-electron chi connectivity index (χ1n) is 4.50. The van der Waals surface area contributed by atoms with Gasteiger partial charge in [-0.1, -0.05) is 24.3 Å². The molecule has 0 heterocycles. The van der Waals surface area contributed by atoms with Gasteiger partial charge in [0, 0.05) is 11.8 Å². The van der Waals surface area contributed by atoms with Crippen molar-refractivity contribution in [3.8, 4) is 0 Å². The third-order valence-electron chi connectivity index (χ3n) is 3.18. The molecule has 2 atom stereocenters. The Morgan fingerprint density at radius 3 is 2.00 bits per heavy atom. The van der Waals surface area contributed by atoms with Gasteiger partial charge in [0.15, 0.2) is 0 Å². The number of ketones is 1. The molecule has 0 unspecified atom stereocenters. The molecule has 0 saturated heterocycles. The summed E-state index contributed by atoms with van der Waals surface area (Å²) in [7, 11) is 0. The van der Waals surface area contributed by atoms with Crippen LogP contribution in [0.25, 0.3) is 0 Å². The van der Waals surface area contributed by atoms with Crippen molar-refractivity contribution in [3.05, 3.63) is 35.4 Å². The van der Waals surface area contributed by atoms with Crippen molar-refractivity contribution in [2.45, 2.75) is 24.7 Å². The molecule has 1 aromatic carbocycles. The molecule has 0 spiro atoms. The molecule has 2 aliphatic rings. The topological polar surface area (TPSA) is 17.1 Å². The van der Waals surface area contributed by atoms with Gasteiger partial charge in [0.2, 0.25) is 0 Å². The fourth-order valence-electron chi connectivity index (χ4n) is 2.62. The lowest BCUT2D eigenvalue weighted by Crippen LogP contribution is -1.98. The second-order valence-corrected chi connectivity index (χ2v) is 3.71. The number of hydrogen-bond acceptors (Lipinski definition) is 1. The lowest BCUT2D eigenvalue weighted by atomic mass is 9.92. The zero-order valence-electron chi connectivity index (χ0n) is 6.79. The molecule has 12 heavy (non-hydrogen) atoms. The number of Topliss-reactive ketones (excluding diaryl/α,β-unsaturated/α-hetero) is 1. The first-order chi connectivity index (χ1) is 5.88. The van der Waals surface area contributed by atoms with E-state index >= 15 is 0 Å². The summed E-state index contributed by atoms with van der Waals surface area (Å²) in [6, 6.07) is 8.29. The average molecular weight is 158 g/mol. The van der Waals surface area contributed by atoms with Gasteiger partial charge in [-0.05, 0) is 24.0 Å². The molecular weight excluding hydrogens is 148 g/mol. The predicted octanol–water partition coefficient (Wildman–Crippen LogP) is 2.23. The average Bonchev–Trinajstić information content (AvgIpc) is 2.61. The van der Waals surface area contributed by atoms with E-state index in [0.717, 1.165) is 12.8 Å². The van der Waals surface area contributed by atoms with E-state index in [1.54, 1.807) is 0 Å². The molecule has 0 amide bonds. The Morgan fingerprint density at radius 1 is 1.00 bits per heavy atom. The highest BCUT2D eigenvalue weighted by Gasteiger charge is 2.44. The van der Waals surface area contributed by atoms with Crippen molar-refractivity contribution in [1.29, 1.82) is 0 Å². The van der Waals surface area contributed by atoms with E-state index in [0.29, 0.717) is 5.78 Å². The number of carbonyl (C=O) groups excluding carboxylic acids is 1. The van der Waals surface area contributed by atoms with Gasteiger partial charge in [-0.25, -0.2) is 0 Å². The molecule has 1 nitrogen and oxygen atoms in total. The standard InChI is InChI=1S/C11H10O/c12-11-9-5-6-10(11)8-4-2-1-3-7(8)9/h1-4,9-10H,5-6H2/t9-,10-/m1/s1. The summed E-state index contributed by atoms with van der Waals surface area (Å²) < 4.78 is 0. The number of hydrogen-bond donors (Lipinski definition) is 0. The second-order valence-electron chi connectivity index (χ2n) is 3.71. The normalized spacial score (nSPS) is 30.8. The first kappa shape index (κ1) is 6.41. The number of benzene rings is 1. The largest absolute Gasteiger partial charge is 0.298 e. The van der Waals surface area contributed by atoms with Crippen LogP contribution in [-0.2, 0) is 4.79 Å². The third kappa shape index (κ3) is 0.580. The van der Waals surface area contributed by atoms with E-state index in [2.05, 4.69) is 12.1 Å². The van der Waals surface area contributed by atoms with Gasteiger partial charge < -0.3 is 0 Å². The minimum atomic E-state index is 0.256. The van der Waals surface area contributed by atoms with Gasteiger partial charge >= 0.3 is 0 Å². The van der Waals surface area contributed by atoms with Gasteiger partial charge in [-0.3, -0.25) is 4.79 Å². The Labute approximate surface area is 71.4 Å². The molecule has 3 rings (SSSR count). The number of fused-ring (bicyclic) bond motifs is 5. The van der Waals surface area contributed by atoms with Crippen molar-refractivity contribution in [1.82, 2.24) is 0 Å². The minimum Gasteiger partial charge on any atom is -0.298 e. The quantitative estimate of drug-likeness (QED) is 0.566. The van der Waals surface area contributed by atoms with Crippen molar-refractivity contribution < 1.29 is 4.79 Å². The van der Waals surface area contributed by atoms with E-state index < -0.39 is 0 Å². The Morgan fingerprint density at radius 2 is 1.50 bits per heavy atom. The van der Waals surface area contributed by atoms with E-state index in [9.17, 15) is 4.79 Å². The second kappa shape index (κ2) is 1.98. The Bertz CT molecular complexity index is 321. The molecule has 0 N–H and O–H groups in total. The van der Waals surface area contributed by atoms with Gasteiger partial charge in [-0.15, -0.1) is 0 Å².